The molecule has 88 valence electrons. The molecular weight excluding hydrogens is 210 g/mol. The van der Waals surface area contributed by atoms with Gasteiger partial charge in [-0.3, -0.25) is 0 Å². The highest BCUT2D eigenvalue weighted by molar-refractivity contribution is 7.99. The highest BCUT2D eigenvalue weighted by atomic mass is 32.2. The molecule has 2 N–H and O–H groups in total. The number of rotatable bonds is 4. The molecule has 3 nitrogen and oxygen atoms in total. The third-order valence-corrected chi connectivity index (χ3v) is 4.47. The van der Waals surface area contributed by atoms with Gasteiger partial charge in [-0.25, -0.2) is 0 Å². The Morgan fingerprint density at radius 3 is 2.80 bits per heavy atom. The second kappa shape index (κ2) is 5.53. The standard InChI is InChI=1S/C11H21NO2S/c13-9-11(3-6-15-7-4-11)12-8-10-2-1-5-14-10/h10,12-13H,1-9H2. The minimum Gasteiger partial charge on any atom is -0.394 e. The van der Waals surface area contributed by atoms with E-state index in [1.165, 1.54) is 24.3 Å². The van der Waals surface area contributed by atoms with E-state index in [-0.39, 0.29) is 12.1 Å². The average molecular weight is 231 g/mol. The van der Waals surface area contributed by atoms with Crippen LogP contribution in [0.5, 0.6) is 0 Å². The number of ether oxygens (including phenoxy) is 1. The molecule has 0 amide bonds. The van der Waals surface area contributed by atoms with Crippen molar-refractivity contribution in [3.63, 3.8) is 0 Å². The van der Waals surface area contributed by atoms with Crippen molar-refractivity contribution < 1.29 is 9.84 Å². The molecule has 1 unspecified atom stereocenters. The molecular formula is C11H21NO2S. The van der Waals surface area contributed by atoms with E-state index in [0.717, 1.165) is 26.0 Å². The van der Waals surface area contributed by atoms with Crippen LogP contribution in [0.2, 0.25) is 0 Å². The van der Waals surface area contributed by atoms with Gasteiger partial charge < -0.3 is 15.2 Å². The van der Waals surface area contributed by atoms with E-state index in [0.29, 0.717) is 6.10 Å². The summed E-state index contributed by atoms with van der Waals surface area (Å²) in [5, 5.41) is 13.0. The normalized spacial score (nSPS) is 30.6. The summed E-state index contributed by atoms with van der Waals surface area (Å²) in [6, 6.07) is 0. The number of hydrogen-bond acceptors (Lipinski definition) is 4. The number of aliphatic hydroxyl groups is 1. The summed E-state index contributed by atoms with van der Waals surface area (Å²) < 4.78 is 5.58. The predicted octanol–water partition coefficient (Wildman–Crippen LogP) is 1.01. The van der Waals surface area contributed by atoms with Crippen LogP contribution in [0.3, 0.4) is 0 Å². The average Bonchev–Trinajstić information content (AvgIpc) is 2.81. The fourth-order valence-electron chi connectivity index (χ4n) is 2.29. The van der Waals surface area contributed by atoms with Crippen molar-refractivity contribution in [2.75, 3.05) is 31.3 Å². The highest BCUT2D eigenvalue weighted by Gasteiger charge is 2.32. The van der Waals surface area contributed by atoms with Crippen LogP contribution in [0.4, 0.5) is 0 Å². The molecule has 1 atom stereocenters. The van der Waals surface area contributed by atoms with Gasteiger partial charge in [-0.1, -0.05) is 0 Å². The number of aliphatic hydroxyl groups excluding tert-OH is 1. The summed E-state index contributed by atoms with van der Waals surface area (Å²) in [5.41, 5.74) is -0.0167. The topological polar surface area (TPSA) is 41.5 Å². The molecule has 2 saturated heterocycles. The molecule has 0 aromatic carbocycles. The summed E-state index contributed by atoms with van der Waals surface area (Å²) >= 11 is 1.99. The lowest BCUT2D eigenvalue weighted by molar-refractivity contribution is 0.0849. The van der Waals surface area contributed by atoms with Crippen LogP contribution < -0.4 is 5.32 Å². The fraction of sp³-hybridized carbons (Fsp3) is 1.00. The minimum atomic E-state index is -0.0167. The molecule has 0 saturated carbocycles. The smallest absolute Gasteiger partial charge is 0.0700 e. The van der Waals surface area contributed by atoms with E-state index in [1.807, 2.05) is 11.8 Å². The van der Waals surface area contributed by atoms with Crippen molar-refractivity contribution in [1.82, 2.24) is 5.32 Å². The molecule has 2 aliphatic heterocycles. The van der Waals surface area contributed by atoms with Crippen LogP contribution in [0.15, 0.2) is 0 Å². The van der Waals surface area contributed by atoms with Gasteiger partial charge in [-0.15, -0.1) is 0 Å². The summed E-state index contributed by atoms with van der Waals surface area (Å²) in [6.45, 7) is 2.08. The Morgan fingerprint density at radius 1 is 1.40 bits per heavy atom. The summed E-state index contributed by atoms with van der Waals surface area (Å²) in [6.07, 6.45) is 4.90. The highest BCUT2D eigenvalue weighted by Crippen LogP contribution is 2.27. The van der Waals surface area contributed by atoms with Crippen molar-refractivity contribution in [2.45, 2.75) is 37.3 Å². The molecule has 2 rings (SSSR count). The van der Waals surface area contributed by atoms with Crippen molar-refractivity contribution in [3.8, 4) is 0 Å². The second-order valence-corrected chi connectivity index (χ2v) is 5.79. The maximum absolute atomic E-state index is 9.50. The van der Waals surface area contributed by atoms with Gasteiger partial charge in [-0.05, 0) is 37.2 Å². The van der Waals surface area contributed by atoms with Crippen LogP contribution in [-0.4, -0.2) is 48.0 Å². The SMILES string of the molecule is OCC1(NCC2CCCO2)CCSCC1. The Morgan fingerprint density at radius 2 is 2.20 bits per heavy atom. The number of hydrogen-bond donors (Lipinski definition) is 2. The molecule has 0 aromatic heterocycles. The lowest BCUT2D eigenvalue weighted by Crippen LogP contribution is -2.53. The van der Waals surface area contributed by atoms with Gasteiger partial charge in [0, 0.05) is 18.7 Å². The zero-order chi connectivity index (χ0) is 10.6. The molecule has 0 bridgehead atoms. The van der Waals surface area contributed by atoms with Gasteiger partial charge in [0.25, 0.3) is 0 Å². The van der Waals surface area contributed by atoms with Gasteiger partial charge >= 0.3 is 0 Å². The predicted molar refractivity (Wildman–Crippen MR) is 63.4 cm³/mol. The Hall–Kier alpha value is 0.230. The molecule has 2 heterocycles. The number of nitrogens with one attached hydrogen (secondary N) is 1. The van der Waals surface area contributed by atoms with Gasteiger partial charge in [0.2, 0.25) is 0 Å². The van der Waals surface area contributed by atoms with Crippen LogP contribution in [-0.2, 0) is 4.74 Å². The molecule has 4 heteroatoms. The summed E-state index contributed by atoms with van der Waals surface area (Å²) in [4.78, 5) is 0. The largest absolute Gasteiger partial charge is 0.394 e. The monoisotopic (exact) mass is 231 g/mol. The minimum absolute atomic E-state index is 0.0167. The zero-order valence-corrected chi connectivity index (χ0v) is 10.0. The first-order chi connectivity index (χ1) is 7.35. The van der Waals surface area contributed by atoms with Gasteiger partial charge in [0.1, 0.15) is 0 Å². The Labute approximate surface area is 96.0 Å². The van der Waals surface area contributed by atoms with Gasteiger partial charge in [0.15, 0.2) is 0 Å². The fourth-order valence-corrected chi connectivity index (χ4v) is 3.56. The molecule has 0 aromatic rings. The second-order valence-electron chi connectivity index (χ2n) is 4.57. The van der Waals surface area contributed by atoms with E-state index in [4.69, 9.17) is 4.74 Å². The molecule has 15 heavy (non-hydrogen) atoms. The lowest BCUT2D eigenvalue weighted by atomic mass is 9.93. The van der Waals surface area contributed by atoms with Crippen LogP contribution in [0, 0.1) is 0 Å². The third-order valence-electron chi connectivity index (χ3n) is 3.48. The Bertz CT molecular complexity index is 189. The molecule has 2 aliphatic rings. The first-order valence-electron chi connectivity index (χ1n) is 5.90. The van der Waals surface area contributed by atoms with Crippen LogP contribution in [0.25, 0.3) is 0 Å². The molecule has 2 fully saturated rings. The van der Waals surface area contributed by atoms with Crippen LogP contribution >= 0.6 is 11.8 Å². The summed E-state index contributed by atoms with van der Waals surface area (Å²) in [7, 11) is 0. The van der Waals surface area contributed by atoms with Crippen molar-refractivity contribution in [3.05, 3.63) is 0 Å². The summed E-state index contributed by atoms with van der Waals surface area (Å²) in [5.74, 6) is 2.33. The quantitative estimate of drug-likeness (QED) is 0.758. The van der Waals surface area contributed by atoms with E-state index in [2.05, 4.69) is 5.32 Å². The maximum atomic E-state index is 9.50. The molecule has 0 radical (unpaired) electrons. The van der Waals surface area contributed by atoms with E-state index in [1.54, 1.807) is 0 Å². The number of thioether (sulfide) groups is 1. The van der Waals surface area contributed by atoms with Gasteiger partial charge in [0.05, 0.1) is 12.7 Å². The Kier molecular flexibility index (Phi) is 4.31. The van der Waals surface area contributed by atoms with E-state index >= 15 is 0 Å². The first-order valence-corrected chi connectivity index (χ1v) is 7.05. The molecule has 0 aliphatic carbocycles. The zero-order valence-electron chi connectivity index (χ0n) is 9.21. The molecule has 0 spiro atoms. The van der Waals surface area contributed by atoms with E-state index in [9.17, 15) is 5.11 Å². The van der Waals surface area contributed by atoms with E-state index < -0.39 is 0 Å². The first kappa shape index (κ1) is 11.7. The third kappa shape index (κ3) is 3.09. The lowest BCUT2D eigenvalue weighted by Gasteiger charge is -2.37. The van der Waals surface area contributed by atoms with Gasteiger partial charge in [-0.2, -0.15) is 11.8 Å². The Balaban J connectivity index is 1.78. The van der Waals surface area contributed by atoms with Crippen molar-refractivity contribution in [1.29, 1.82) is 0 Å². The maximum Gasteiger partial charge on any atom is 0.0700 e. The van der Waals surface area contributed by atoms with Crippen LogP contribution in [0.1, 0.15) is 25.7 Å². The van der Waals surface area contributed by atoms with Crippen molar-refractivity contribution >= 4 is 11.8 Å². The van der Waals surface area contributed by atoms with Crippen molar-refractivity contribution in [2.24, 2.45) is 0 Å².